The van der Waals surface area contributed by atoms with Crippen LogP contribution in [0.2, 0.25) is 0 Å². The zero-order valence-corrected chi connectivity index (χ0v) is 17.7. The van der Waals surface area contributed by atoms with Crippen LogP contribution in [0.3, 0.4) is 0 Å². The van der Waals surface area contributed by atoms with Gasteiger partial charge in [0.2, 0.25) is 21.8 Å². The van der Waals surface area contributed by atoms with Crippen LogP contribution in [0.15, 0.2) is 23.1 Å². The van der Waals surface area contributed by atoms with E-state index in [4.69, 9.17) is 0 Å². The Morgan fingerprint density at radius 1 is 1.10 bits per heavy atom. The van der Waals surface area contributed by atoms with E-state index in [0.29, 0.717) is 36.9 Å². The Hall–Kier alpha value is -1.93. The summed E-state index contributed by atoms with van der Waals surface area (Å²) in [6.07, 6.45) is 6.14. The lowest BCUT2D eigenvalue weighted by molar-refractivity contribution is -0.128. The first kappa shape index (κ1) is 20.3. The molecule has 1 aliphatic carbocycles. The van der Waals surface area contributed by atoms with Crippen LogP contribution in [-0.2, 0) is 19.6 Å². The number of hydrogen-bond acceptors (Lipinski definition) is 4. The van der Waals surface area contributed by atoms with Crippen LogP contribution in [0.5, 0.6) is 0 Å². The number of nitrogens with one attached hydrogen (secondary N) is 1. The molecule has 7 nitrogen and oxygen atoms in total. The van der Waals surface area contributed by atoms with Gasteiger partial charge in [-0.05, 0) is 50.3 Å². The Bertz CT molecular complexity index is 903. The molecule has 2 aliphatic heterocycles. The van der Waals surface area contributed by atoms with Crippen LogP contribution in [0.25, 0.3) is 0 Å². The molecule has 2 heterocycles. The van der Waals surface area contributed by atoms with E-state index in [2.05, 4.69) is 5.32 Å². The molecule has 1 N–H and O–H groups in total. The fraction of sp³-hybridized carbons (Fsp3) is 0.619. The van der Waals surface area contributed by atoms with E-state index in [9.17, 15) is 18.0 Å². The number of hydrogen-bond donors (Lipinski definition) is 1. The van der Waals surface area contributed by atoms with Crippen molar-refractivity contribution in [3.05, 3.63) is 23.8 Å². The van der Waals surface area contributed by atoms with Crippen molar-refractivity contribution in [1.82, 2.24) is 9.21 Å². The molecule has 3 fully saturated rings. The first-order valence-electron chi connectivity index (χ1n) is 10.6. The summed E-state index contributed by atoms with van der Waals surface area (Å²) in [7, 11) is -3.59. The van der Waals surface area contributed by atoms with Crippen molar-refractivity contribution >= 4 is 27.5 Å². The van der Waals surface area contributed by atoms with Crippen LogP contribution in [0, 0.1) is 12.8 Å². The number of nitrogens with zero attached hydrogens (tertiary/aromatic N) is 2. The van der Waals surface area contributed by atoms with Gasteiger partial charge in [0.25, 0.3) is 0 Å². The monoisotopic (exact) mass is 419 g/mol. The molecule has 0 radical (unpaired) electrons. The molecule has 1 saturated carbocycles. The van der Waals surface area contributed by atoms with E-state index >= 15 is 0 Å². The number of sulfonamides is 1. The molecule has 0 aromatic heterocycles. The maximum atomic E-state index is 13.2. The SMILES string of the molecule is Cc1ccc(NC(=O)C2CC(=O)N(C3CC3)C2)cc1S(=O)(=O)N1CCCCCC1. The lowest BCUT2D eigenvalue weighted by Crippen LogP contribution is -2.32. The van der Waals surface area contributed by atoms with Gasteiger partial charge in [-0.2, -0.15) is 4.31 Å². The van der Waals surface area contributed by atoms with Crippen LogP contribution >= 0.6 is 0 Å². The van der Waals surface area contributed by atoms with Gasteiger partial charge in [0.15, 0.2) is 0 Å². The highest BCUT2D eigenvalue weighted by molar-refractivity contribution is 7.89. The third-order valence-corrected chi connectivity index (χ3v) is 8.20. The summed E-state index contributed by atoms with van der Waals surface area (Å²) >= 11 is 0. The molecule has 158 valence electrons. The van der Waals surface area contributed by atoms with Crippen molar-refractivity contribution in [3.63, 3.8) is 0 Å². The molecule has 8 heteroatoms. The maximum Gasteiger partial charge on any atom is 0.243 e. The van der Waals surface area contributed by atoms with Crippen LogP contribution in [0.4, 0.5) is 5.69 Å². The van der Waals surface area contributed by atoms with Crippen molar-refractivity contribution in [1.29, 1.82) is 0 Å². The minimum atomic E-state index is -3.59. The zero-order chi connectivity index (χ0) is 20.6. The number of anilines is 1. The third-order valence-electron chi connectivity index (χ3n) is 6.16. The summed E-state index contributed by atoms with van der Waals surface area (Å²) in [6, 6.07) is 5.33. The Labute approximate surface area is 172 Å². The molecule has 29 heavy (non-hydrogen) atoms. The van der Waals surface area contributed by atoms with Crippen LogP contribution in [0.1, 0.15) is 50.5 Å². The van der Waals surface area contributed by atoms with Gasteiger partial charge in [0, 0.05) is 37.8 Å². The molecule has 3 aliphatic rings. The van der Waals surface area contributed by atoms with E-state index in [1.807, 2.05) is 4.90 Å². The topological polar surface area (TPSA) is 86.8 Å². The standard InChI is InChI=1S/C21H29N3O4S/c1-15-6-7-17(13-19(15)29(27,28)23-10-4-2-3-5-11-23)22-21(26)16-12-20(25)24(14-16)18-8-9-18/h6-7,13,16,18H,2-5,8-12,14H2,1H3,(H,22,26). The highest BCUT2D eigenvalue weighted by Crippen LogP contribution is 2.33. The predicted octanol–water partition coefficient (Wildman–Crippen LogP) is 2.51. The fourth-order valence-electron chi connectivity index (χ4n) is 4.27. The predicted molar refractivity (Wildman–Crippen MR) is 110 cm³/mol. The summed E-state index contributed by atoms with van der Waals surface area (Å²) in [5.41, 5.74) is 1.13. The average Bonchev–Trinajstić information content (AvgIpc) is 3.49. The van der Waals surface area contributed by atoms with Gasteiger partial charge >= 0.3 is 0 Å². The van der Waals surface area contributed by atoms with Gasteiger partial charge in [0.05, 0.1) is 10.8 Å². The smallest absolute Gasteiger partial charge is 0.243 e. The van der Waals surface area contributed by atoms with Crippen molar-refractivity contribution < 1.29 is 18.0 Å². The van der Waals surface area contributed by atoms with Gasteiger partial charge in [-0.25, -0.2) is 8.42 Å². The number of benzene rings is 1. The minimum Gasteiger partial charge on any atom is -0.339 e. The second kappa shape index (κ2) is 8.07. The number of likely N-dealkylation sites (tertiary alicyclic amines) is 1. The summed E-state index contributed by atoms with van der Waals surface area (Å²) < 4.78 is 27.9. The molecule has 2 saturated heterocycles. The first-order chi connectivity index (χ1) is 13.9. The highest BCUT2D eigenvalue weighted by atomic mass is 32.2. The number of carbonyl (C=O) groups excluding carboxylic acids is 2. The van der Waals surface area contributed by atoms with Crippen molar-refractivity contribution in [3.8, 4) is 0 Å². The molecular weight excluding hydrogens is 390 g/mol. The van der Waals surface area contributed by atoms with Crippen molar-refractivity contribution in [2.24, 2.45) is 5.92 Å². The van der Waals surface area contributed by atoms with E-state index in [-0.39, 0.29) is 29.0 Å². The summed E-state index contributed by atoms with van der Waals surface area (Å²) in [5, 5.41) is 2.84. The van der Waals surface area contributed by atoms with Gasteiger partial charge in [-0.3, -0.25) is 9.59 Å². The molecule has 4 rings (SSSR count). The normalized spacial score (nSPS) is 23.8. The number of aryl methyl sites for hydroxylation is 1. The molecule has 0 spiro atoms. The van der Waals surface area contributed by atoms with E-state index in [0.717, 1.165) is 38.5 Å². The largest absolute Gasteiger partial charge is 0.339 e. The van der Waals surface area contributed by atoms with E-state index in [1.165, 1.54) is 0 Å². The third kappa shape index (κ3) is 4.33. The second-order valence-corrected chi connectivity index (χ2v) is 10.4. The summed E-state index contributed by atoms with van der Waals surface area (Å²) in [6.45, 7) is 3.32. The highest BCUT2D eigenvalue weighted by Gasteiger charge is 2.41. The van der Waals surface area contributed by atoms with E-state index < -0.39 is 10.0 Å². The maximum absolute atomic E-state index is 13.2. The second-order valence-electron chi connectivity index (χ2n) is 8.47. The Kier molecular flexibility index (Phi) is 5.66. The van der Waals surface area contributed by atoms with Gasteiger partial charge < -0.3 is 10.2 Å². The van der Waals surface area contributed by atoms with Gasteiger partial charge in [-0.15, -0.1) is 0 Å². The summed E-state index contributed by atoms with van der Waals surface area (Å²) in [4.78, 5) is 26.9. The Balaban J connectivity index is 1.49. The Morgan fingerprint density at radius 3 is 2.45 bits per heavy atom. The van der Waals surface area contributed by atoms with Gasteiger partial charge in [-0.1, -0.05) is 18.9 Å². The number of carbonyl (C=O) groups is 2. The zero-order valence-electron chi connectivity index (χ0n) is 16.9. The van der Waals surface area contributed by atoms with Crippen molar-refractivity contribution in [2.75, 3.05) is 25.0 Å². The molecule has 2 amide bonds. The molecule has 0 bridgehead atoms. The quantitative estimate of drug-likeness (QED) is 0.794. The molecule has 1 atom stereocenters. The van der Waals surface area contributed by atoms with Crippen LogP contribution in [-0.4, -0.2) is 55.1 Å². The minimum absolute atomic E-state index is 0.0426. The number of rotatable bonds is 5. The van der Waals surface area contributed by atoms with Crippen molar-refractivity contribution in [2.45, 2.75) is 62.8 Å². The molecule has 1 aromatic carbocycles. The fourth-order valence-corrected chi connectivity index (χ4v) is 6.04. The molecule has 1 unspecified atom stereocenters. The lowest BCUT2D eigenvalue weighted by atomic mass is 10.1. The van der Waals surface area contributed by atoms with Crippen LogP contribution < -0.4 is 5.32 Å². The first-order valence-corrected chi connectivity index (χ1v) is 12.0. The lowest BCUT2D eigenvalue weighted by Gasteiger charge is -2.22. The average molecular weight is 420 g/mol. The van der Waals surface area contributed by atoms with E-state index in [1.54, 1.807) is 29.4 Å². The number of amides is 2. The van der Waals surface area contributed by atoms with Gasteiger partial charge in [0.1, 0.15) is 0 Å². The molecule has 1 aromatic rings. The Morgan fingerprint density at radius 2 is 1.79 bits per heavy atom. The molecular formula is C21H29N3O4S. The summed E-state index contributed by atoms with van der Waals surface area (Å²) in [5.74, 6) is -0.556.